The van der Waals surface area contributed by atoms with Crippen LogP contribution in [0.5, 0.6) is 0 Å². The average molecular weight is 329 g/mol. The normalized spacial score (nSPS) is 23.7. The highest BCUT2D eigenvalue weighted by Gasteiger charge is 2.28. The van der Waals surface area contributed by atoms with E-state index in [1.54, 1.807) is 0 Å². The van der Waals surface area contributed by atoms with Crippen LogP contribution in [-0.2, 0) is 4.74 Å². The molecule has 0 saturated carbocycles. The molecule has 3 nitrogen and oxygen atoms in total. The fraction of sp³-hybridized carbons (Fsp3) is 0.462. The van der Waals surface area contributed by atoms with Crippen LogP contribution >= 0.6 is 28.1 Å². The molecule has 0 amide bonds. The van der Waals surface area contributed by atoms with Crippen molar-refractivity contribution in [1.29, 1.82) is 0 Å². The molecular formula is C13H17BrN2OS. The number of benzene rings is 1. The van der Waals surface area contributed by atoms with Crippen LogP contribution in [0, 0.1) is 0 Å². The molecule has 1 aromatic carbocycles. The lowest BCUT2D eigenvalue weighted by Crippen LogP contribution is -2.43. The first-order chi connectivity index (χ1) is 8.50. The van der Waals surface area contributed by atoms with Gasteiger partial charge in [0.15, 0.2) is 0 Å². The van der Waals surface area contributed by atoms with Gasteiger partial charge in [-0.25, -0.2) is 0 Å². The van der Waals surface area contributed by atoms with Crippen molar-refractivity contribution in [3.8, 4) is 0 Å². The highest BCUT2D eigenvalue weighted by Crippen LogP contribution is 2.28. The molecule has 98 valence electrons. The fourth-order valence-corrected chi connectivity index (χ4v) is 2.72. The average Bonchev–Trinajstić information content (AvgIpc) is 2.32. The first kappa shape index (κ1) is 13.8. The number of nitrogens with two attached hydrogens (primary N) is 1. The molecule has 0 aromatic heterocycles. The van der Waals surface area contributed by atoms with Gasteiger partial charge in [0.25, 0.3) is 0 Å². The Kier molecular flexibility index (Phi) is 4.25. The number of nitrogens with one attached hydrogen (secondary N) is 1. The van der Waals surface area contributed by atoms with Crippen molar-refractivity contribution in [2.24, 2.45) is 5.73 Å². The molecule has 5 heteroatoms. The third kappa shape index (κ3) is 3.22. The Bertz CT molecular complexity index is 458. The highest BCUT2D eigenvalue weighted by atomic mass is 79.9. The van der Waals surface area contributed by atoms with Crippen molar-refractivity contribution in [3.63, 3.8) is 0 Å². The minimum atomic E-state index is -0.0500. The van der Waals surface area contributed by atoms with E-state index in [4.69, 9.17) is 22.7 Å². The third-order valence-electron chi connectivity index (χ3n) is 3.12. The second-order valence-corrected chi connectivity index (χ2v) is 6.25. The van der Waals surface area contributed by atoms with E-state index in [1.165, 1.54) is 0 Å². The maximum atomic E-state index is 5.77. The molecule has 1 saturated heterocycles. The zero-order valence-electron chi connectivity index (χ0n) is 10.3. The Morgan fingerprint density at radius 3 is 2.94 bits per heavy atom. The van der Waals surface area contributed by atoms with Gasteiger partial charge in [0.1, 0.15) is 4.99 Å². The Morgan fingerprint density at radius 2 is 2.33 bits per heavy atom. The molecule has 1 aliphatic rings. The van der Waals surface area contributed by atoms with Gasteiger partial charge < -0.3 is 15.8 Å². The van der Waals surface area contributed by atoms with Gasteiger partial charge in [-0.2, -0.15) is 0 Å². The molecule has 0 spiro atoms. The fourth-order valence-electron chi connectivity index (χ4n) is 2.19. The van der Waals surface area contributed by atoms with Gasteiger partial charge in [0, 0.05) is 22.3 Å². The van der Waals surface area contributed by atoms with E-state index in [0.717, 1.165) is 35.2 Å². The Hall–Kier alpha value is -0.650. The van der Waals surface area contributed by atoms with Gasteiger partial charge in [-0.1, -0.05) is 28.1 Å². The summed E-state index contributed by atoms with van der Waals surface area (Å²) < 4.78 is 6.52. The molecule has 1 unspecified atom stereocenters. The van der Waals surface area contributed by atoms with Gasteiger partial charge in [-0.05, 0) is 38.0 Å². The molecule has 1 atom stereocenters. The first-order valence-corrected chi connectivity index (χ1v) is 7.16. The number of anilines is 1. The predicted octanol–water partition coefficient (Wildman–Crippen LogP) is 3.06. The lowest BCUT2D eigenvalue weighted by molar-refractivity contribution is 0.0540. The molecule has 3 N–H and O–H groups in total. The van der Waals surface area contributed by atoms with Gasteiger partial charge in [0.05, 0.1) is 12.1 Å². The van der Waals surface area contributed by atoms with E-state index in [1.807, 2.05) is 18.2 Å². The monoisotopic (exact) mass is 328 g/mol. The molecule has 2 rings (SSSR count). The maximum Gasteiger partial charge on any atom is 0.106 e. The van der Waals surface area contributed by atoms with Crippen molar-refractivity contribution in [1.82, 2.24) is 0 Å². The molecule has 1 fully saturated rings. The van der Waals surface area contributed by atoms with Gasteiger partial charge >= 0.3 is 0 Å². The lowest BCUT2D eigenvalue weighted by atomic mass is 9.94. The number of thiocarbonyl (C=S) groups is 1. The summed E-state index contributed by atoms with van der Waals surface area (Å²) in [5, 5.41) is 3.52. The third-order valence-corrected chi connectivity index (χ3v) is 3.83. The number of hydrogen-bond acceptors (Lipinski definition) is 3. The summed E-state index contributed by atoms with van der Waals surface area (Å²) in [7, 11) is 0. The van der Waals surface area contributed by atoms with Crippen LogP contribution in [0.3, 0.4) is 0 Å². The van der Waals surface area contributed by atoms with E-state index in [9.17, 15) is 0 Å². The topological polar surface area (TPSA) is 47.3 Å². The summed E-state index contributed by atoms with van der Waals surface area (Å²) in [6.07, 6.45) is 2.16. The van der Waals surface area contributed by atoms with Crippen LogP contribution in [0.1, 0.15) is 25.3 Å². The molecule has 0 bridgehead atoms. The largest absolute Gasteiger partial charge is 0.389 e. The number of hydrogen-bond donors (Lipinski definition) is 2. The quantitative estimate of drug-likeness (QED) is 0.837. The van der Waals surface area contributed by atoms with Gasteiger partial charge in [-0.15, -0.1) is 0 Å². The van der Waals surface area contributed by atoms with Crippen molar-refractivity contribution >= 4 is 38.8 Å². The van der Waals surface area contributed by atoms with E-state index < -0.39 is 0 Å². The van der Waals surface area contributed by atoms with E-state index in [-0.39, 0.29) is 5.54 Å². The summed E-state index contributed by atoms with van der Waals surface area (Å²) in [6.45, 7) is 3.72. The molecule has 0 aliphatic carbocycles. The Labute approximate surface area is 121 Å². The molecule has 1 aliphatic heterocycles. The Morgan fingerprint density at radius 1 is 1.56 bits per heavy atom. The van der Waals surface area contributed by atoms with Gasteiger partial charge in [-0.3, -0.25) is 0 Å². The number of halogens is 1. The zero-order chi connectivity index (χ0) is 13.2. The SMILES string of the molecule is CC1(Nc2ccc(Br)cc2C(N)=S)CCCOC1. The smallest absolute Gasteiger partial charge is 0.106 e. The van der Waals surface area contributed by atoms with Crippen molar-refractivity contribution in [2.45, 2.75) is 25.3 Å². The second-order valence-electron chi connectivity index (χ2n) is 4.90. The summed E-state index contributed by atoms with van der Waals surface area (Å²) >= 11 is 8.53. The highest BCUT2D eigenvalue weighted by molar-refractivity contribution is 9.10. The summed E-state index contributed by atoms with van der Waals surface area (Å²) in [6, 6.07) is 5.92. The zero-order valence-corrected chi connectivity index (χ0v) is 12.7. The van der Waals surface area contributed by atoms with Crippen LogP contribution in [0.2, 0.25) is 0 Å². The van der Waals surface area contributed by atoms with E-state index in [0.29, 0.717) is 11.6 Å². The van der Waals surface area contributed by atoms with Crippen LogP contribution in [0.15, 0.2) is 22.7 Å². The predicted molar refractivity (Wildman–Crippen MR) is 82.1 cm³/mol. The first-order valence-electron chi connectivity index (χ1n) is 5.95. The summed E-state index contributed by atoms with van der Waals surface area (Å²) in [5.41, 5.74) is 7.56. The summed E-state index contributed by atoms with van der Waals surface area (Å²) in [5.74, 6) is 0. The van der Waals surface area contributed by atoms with Crippen molar-refractivity contribution in [2.75, 3.05) is 18.5 Å². The van der Waals surface area contributed by atoms with Crippen molar-refractivity contribution < 1.29 is 4.74 Å². The molecule has 18 heavy (non-hydrogen) atoms. The number of rotatable bonds is 3. The molecular weight excluding hydrogens is 312 g/mol. The minimum absolute atomic E-state index is 0.0500. The molecule has 1 aromatic rings. The number of ether oxygens (including phenoxy) is 1. The maximum absolute atomic E-state index is 5.77. The lowest BCUT2D eigenvalue weighted by Gasteiger charge is -2.36. The van der Waals surface area contributed by atoms with Crippen molar-refractivity contribution in [3.05, 3.63) is 28.2 Å². The van der Waals surface area contributed by atoms with Crippen LogP contribution in [0.4, 0.5) is 5.69 Å². The summed E-state index contributed by atoms with van der Waals surface area (Å²) in [4.78, 5) is 0.402. The Balaban J connectivity index is 2.25. The van der Waals surface area contributed by atoms with E-state index in [2.05, 4.69) is 28.2 Å². The van der Waals surface area contributed by atoms with E-state index >= 15 is 0 Å². The van der Waals surface area contributed by atoms with Crippen LogP contribution in [0.25, 0.3) is 0 Å². The molecule has 1 heterocycles. The van der Waals surface area contributed by atoms with Crippen LogP contribution < -0.4 is 11.1 Å². The van der Waals surface area contributed by atoms with Gasteiger partial charge in [0.2, 0.25) is 0 Å². The minimum Gasteiger partial charge on any atom is -0.389 e. The second kappa shape index (κ2) is 5.55. The standard InChI is InChI=1S/C13H17BrN2OS/c1-13(5-2-6-17-8-13)16-11-4-3-9(14)7-10(11)12(15)18/h3-4,7,16H,2,5-6,8H2,1H3,(H2,15,18). The molecule has 0 radical (unpaired) electrons. The van der Waals surface area contributed by atoms with Crippen LogP contribution in [-0.4, -0.2) is 23.7 Å².